The van der Waals surface area contributed by atoms with Gasteiger partial charge in [-0.2, -0.15) is 0 Å². The van der Waals surface area contributed by atoms with E-state index < -0.39 is 0 Å². The molecule has 0 saturated heterocycles. The van der Waals surface area contributed by atoms with E-state index in [2.05, 4.69) is 181 Å². The number of hydrogen-bond donors (Lipinski definition) is 0. The lowest BCUT2D eigenvalue weighted by molar-refractivity contribution is 0.747. The molecule has 0 saturated carbocycles. The molecule has 12 rings (SSSR count). The van der Waals surface area contributed by atoms with Gasteiger partial charge in [-0.25, -0.2) is 15.0 Å². The molecule has 0 bridgehead atoms. The van der Waals surface area contributed by atoms with Gasteiger partial charge in [0.1, 0.15) is 5.82 Å². The first-order valence-corrected chi connectivity index (χ1v) is 22.3. The van der Waals surface area contributed by atoms with Crippen LogP contribution in [0.5, 0.6) is 0 Å². The van der Waals surface area contributed by atoms with Gasteiger partial charge in [-0.15, -0.1) is 0 Å². The van der Waals surface area contributed by atoms with Gasteiger partial charge in [-0.05, 0) is 79.1 Å². The van der Waals surface area contributed by atoms with Crippen molar-refractivity contribution in [2.24, 2.45) is 4.99 Å². The number of benzene rings is 5. The molecule has 2 aliphatic carbocycles. The van der Waals surface area contributed by atoms with Crippen molar-refractivity contribution in [3.63, 3.8) is 0 Å². The van der Waals surface area contributed by atoms with E-state index in [1.807, 2.05) is 18.5 Å². The summed E-state index contributed by atoms with van der Waals surface area (Å²) in [4.78, 5) is 26.3. The Hall–Kier alpha value is -7.77. The summed E-state index contributed by atoms with van der Waals surface area (Å²) in [6.45, 7) is 5.20. The Labute approximate surface area is 372 Å². The zero-order valence-corrected chi connectivity index (χ0v) is 35.9. The van der Waals surface area contributed by atoms with Crippen LogP contribution in [0.1, 0.15) is 69.8 Å². The summed E-state index contributed by atoms with van der Waals surface area (Å²) in [6, 6.07) is 47.5. The van der Waals surface area contributed by atoms with Crippen LogP contribution in [-0.4, -0.2) is 41.8 Å². The number of hydrogen-bond acceptors (Lipinski definition) is 5. The van der Waals surface area contributed by atoms with E-state index in [9.17, 15) is 0 Å². The molecule has 5 heterocycles. The van der Waals surface area contributed by atoms with Crippen molar-refractivity contribution in [2.45, 2.75) is 44.9 Å². The van der Waals surface area contributed by atoms with Gasteiger partial charge < -0.3 is 9.13 Å². The van der Waals surface area contributed by atoms with Gasteiger partial charge in [0.05, 0.1) is 34.4 Å². The lowest BCUT2D eigenvalue weighted by Crippen LogP contribution is -2.20. The van der Waals surface area contributed by atoms with Gasteiger partial charge in [0.25, 0.3) is 0 Å². The van der Waals surface area contributed by atoms with Crippen molar-refractivity contribution in [1.82, 2.24) is 29.1 Å². The van der Waals surface area contributed by atoms with E-state index in [-0.39, 0.29) is 11.8 Å². The average molecular weight is 828 g/mol. The fraction of sp³-hybridized carbons (Fsp3) is 0.140. The first-order valence-electron chi connectivity index (χ1n) is 22.3. The zero-order chi connectivity index (χ0) is 42.7. The second-order valence-electron chi connectivity index (χ2n) is 17.1. The third kappa shape index (κ3) is 6.14. The van der Waals surface area contributed by atoms with Crippen molar-refractivity contribution in [3.05, 3.63) is 215 Å². The Morgan fingerprint density at radius 2 is 1.20 bits per heavy atom. The predicted molar refractivity (Wildman–Crippen MR) is 262 cm³/mol. The molecule has 0 N–H and O–H groups in total. The fourth-order valence-electron chi connectivity index (χ4n) is 10.5. The van der Waals surface area contributed by atoms with Crippen LogP contribution in [0.15, 0.2) is 175 Å². The summed E-state index contributed by atoms with van der Waals surface area (Å²) in [7, 11) is 0. The summed E-state index contributed by atoms with van der Waals surface area (Å²) in [5, 5.41) is 3.61. The van der Waals surface area contributed by atoms with Gasteiger partial charge in [0.15, 0.2) is 11.6 Å². The Bertz CT molecular complexity index is 3430. The normalized spacial score (nSPS) is 17.3. The van der Waals surface area contributed by atoms with Gasteiger partial charge in [0, 0.05) is 69.1 Å². The number of nitrogens with zero attached hydrogens (tertiary/aromatic N) is 7. The summed E-state index contributed by atoms with van der Waals surface area (Å²) >= 11 is 0. The van der Waals surface area contributed by atoms with Gasteiger partial charge in [-0.1, -0.05) is 140 Å². The molecule has 2 unspecified atom stereocenters. The number of pyridine rings is 1. The smallest absolute Gasteiger partial charge is 0.165 e. The van der Waals surface area contributed by atoms with E-state index in [4.69, 9.17) is 24.9 Å². The van der Waals surface area contributed by atoms with Crippen LogP contribution in [0.4, 0.5) is 0 Å². The van der Waals surface area contributed by atoms with Crippen molar-refractivity contribution in [1.29, 1.82) is 0 Å². The van der Waals surface area contributed by atoms with Crippen molar-refractivity contribution in [2.75, 3.05) is 6.54 Å². The monoisotopic (exact) mass is 827 g/mol. The summed E-state index contributed by atoms with van der Waals surface area (Å²) in [6.07, 6.45) is 17.6. The van der Waals surface area contributed by atoms with Crippen LogP contribution in [0.2, 0.25) is 0 Å². The highest BCUT2D eigenvalue weighted by Crippen LogP contribution is 2.48. The van der Waals surface area contributed by atoms with Crippen molar-refractivity contribution >= 4 is 61.5 Å². The molecule has 7 heteroatoms. The molecule has 9 aromatic rings. The minimum absolute atomic E-state index is 0.0302. The minimum Gasteiger partial charge on any atom is -0.310 e. The maximum Gasteiger partial charge on any atom is 0.165 e. The molecule has 1 aliphatic heterocycles. The van der Waals surface area contributed by atoms with Crippen LogP contribution in [0, 0.1) is 13.8 Å². The molecular formula is C57H45N7. The second-order valence-corrected chi connectivity index (χ2v) is 17.1. The molecule has 3 aliphatic rings. The number of rotatable bonds is 7. The standard InChI is InChI=1S/C57H45N7/c1-36-16-6-8-20-39(36)45-24-14-26-47(53(45)63-49-28-12-10-22-41(49)43-30-32-58-34-51(43)63)56-60-55(38-18-4-3-5-19-38)61-57(62-56)48-27-15-25-46(40-21-9-7-17-37(40)2)54(48)64-50-29-13-11-23-42(50)44-31-33-59-35-52(44)64/h3-24,27-30,32,34-35,46-47H,25-26,31,33H2,1-2H3. The highest BCUT2D eigenvalue weighted by atomic mass is 15.1. The second kappa shape index (κ2) is 15.5. The lowest BCUT2D eigenvalue weighted by atomic mass is 9.83. The van der Waals surface area contributed by atoms with E-state index in [1.54, 1.807) is 0 Å². The number of allylic oxidation sites excluding steroid dienone is 8. The Kier molecular flexibility index (Phi) is 9.22. The zero-order valence-electron chi connectivity index (χ0n) is 35.9. The van der Waals surface area contributed by atoms with Gasteiger partial charge >= 0.3 is 0 Å². The van der Waals surface area contributed by atoms with Gasteiger partial charge in [0.2, 0.25) is 0 Å². The SMILES string of the molecule is Cc1ccccc1C1=C(n2c3ccccc3c3ccncc32)C(c2nc(C3=C(n4c5c(c6ccccc64)CCN=C5)C(c4ccccc4C)CC=C3)nc(-c3ccccc3)n2)CC=C1. The van der Waals surface area contributed by atoms with Gasteiger partial charge in [-0.3, -0.25) is 9.98 Å². The summed E-state index contributed by atoms with van der Waals surface area (Å²) < 4.78 is 4.90. The number of fused-ring (bicyclic) bond motifs is 6. The number of para-hydroxylation sites is 2. The molecule has 7 nitrogen and oxygen atoms in total. The van der Waals surface area contributed by atoms with E-state index in [0.29, 0.717) is 18.1 Å². The third-order valence-electron chi connectivity index (χ3n) is 13.4. The first-order chi connectivity index (χ1) is 31.6. The molecular weight excluding hydrogens is 783 g/mol. The quantitative estimate of drug-likeness (QED) is 0.160. The first kappa shape index (κ1) is 37.9. The van der Waals surface area contributed by atoms with E-state index in [1.165, 1.54) is 44.1 Å². The predicted octanol–water partition coefficient (Wildman–Crippen LogP) is 12.8. The molecule has 64 heavy (non-hydrogen) atoms. The Balaban J connectivity index is 1.17. The molecule has 4 aromatic heterocycles. The molecule has 5 aromatic carbocycles. The summed E-state index contributed by atoms with van der Waals surface area (Å²) in [5.74, 6) is 1.82. The molecule has 308 valence electrons. The fourth-order valence-corrected chi connectivity index (χ4v) is 10.5. The average Bonchev–Trinajstić information content (AvgIpc) is 3.87. The number of aryl methyl sites for hydroxylation is 2. The van der Waals surface area contributed by atoms with Crippen molar-refractivity contribution in [3.8, 4) is 11.4 Å². The van der Waals surface area contributed by atoms with Crippen molar-refractivity contribution < 1.29 is 0 Å². The topological polar surface area (TPSA) is 73.8 Å². The van der Waals surface area contributed by atoms with E-state index >= 15 is 0 Å². The number of aromatic nitrogens is 6. The Morgan fingerprint density at radius 1 is 0.547 bits per heavy atom. The van der Waals surface area contributed by atoms with Crippen LogP contribution in [-0.2, 0) is 6.42 Å². The largest absolute Gasteiger partial charge is 0.310 e. The third-order valence-corrected chi connectivity index (χ3v) is 13.4. The highest BCUT2D eigenvalue weighted by Gasteiger charge is 2.34. The highest BCUT2D eigenvalue weighted by molar-refractivity contribution is 6.12. The molecule has 0 fully saturated rings. The molecule has 0 amide bonds. The minimum atomic E-state index is -0.237. The Morgan fingerprint density at radius 3 is 2.03 bits per heavy atom. The van der Waals surface area contributed by atoms with Crippen LogP contribution in [0.25, 0.3) is 66.6 Å². The van der Waals surface area contributed by atoms with Crippen LogP contribution in [0.3, 0.4) is 0 Å². The van der Waals surface area contributed by atoms with Crippen LogP contribution >= 0.6 is 0 Å². The maximum absolute atomic E-state index is 5.70. The van der Waals surface area contributed by atoms with E-state index in [0.717, 1.165) is 75.4 Å². The van der Waals surface area contributed by atoms with Crippen LogP contribution < -0.4 is 0 Å². The molecule has 0 radical (unpaired) electrons. The number of aliphatic imine (C=N–C) groups is 1. The lowest BCUT2D eigenvalue weighted by Gasteiger charge is -2.30. The molecule has 0 spiro atoms. The molecule has 2 atom stereocenters. The maximum atomic E-state index is 5.70. The summed E-state index contributed by atoms with van der Waals surface area (Å²) in [5.41, 5.74) is 16.1.